The van der Waals surface area contributed by atoms with Crippen LogP contribution in [0, 0.1) is 6.92 Å². The lowest BCUT2D eigenvalue weighted by atomic mass is 9.89. The highest BCUT2D eigenvalue weighted by molar-refractivity contribution is 5.81. The molecule has 1 rings (SSSR count). The van der Waals surface area contributed by atoms with Crippen molar-refractivity contribution >= 4 is 5.97 Å². The quantitative estimate of drug-likeness (QED) is 0.181. The summed E-state index contributed by atoms with van der Waals surface area (Å²) in [4.78, 5) is 11.5. The molecule has 0 spiro atoms. The van der Waals surface area contributed by atoms with Crippen molar-refractivity contribution in [3.05, 3.63) is 47.5 Å². The van der Waals surface area contributed by atoms with Crippen LogP contribution >= 0.6 is 0 Å². The van der Waals surface area contributed by atoms with E-state index >= 15 is 0 Å². The number of esters is 1. The van der Waals surface area contributed by atoms with Gasteiger partial charge in [-0.2, -0.15) is 0 Å². The van der Waals surface area contributed by atoms with Crippen molar-refractivity contribution < 1.29 is 9.53 Å². The summed E-state index contributed by atoms with van der Waals surface area (Å²) in [6, 6.07) is 8.86. The molecule has 0 aliphatic heterocycles. The van der Waals surface area contributed by atoms with Gasteiger partial charge in [0.05, 0.1) is 6.61 Å². The van der Waals surface area contributed by atoms with Crippen molar-refractivity contribution in [2.24, 2.45) is 0 Å². The molecule has 0 aromatic heterocycles. The van der Waals surface area contributed by atoms with Crippen LogP contribution in [-0.4, -0.2) is 12.6 Å². The largest absolute Gasteiger partial charge is 0.463 e. The van der Waals surface area contributed by atoms with Crippen molar-refractivity contribution in [2.45, 2.75) is 97.3 Å². The number of benzene rings is 1. The molecular weight excluding hydrogens is 332 g/mol. The minimum Gasteiger partial charge on any atom is -0.463 e. The number of hydrogen-bond donors (Lipinski definition) is 0. The molecule has 1 atom stereocenters. The summed E-state index contributed by atoms with van der Waals surface area (Å²) in [5.74, 6) is 0.254. The summed E-state index contributed by atoms with van der Waals surface area (Å²) < 4.78 is 4.98. The van der Waals surface area contributed by atoms with Crippen molar-refractivity contribution in [3.63, 3.8) is 0 Å². The molecule has 2 heteroatoms. The van der Waals surface area contributed by atoms with E-state index in [2.05, 4.69) is 38.1 Å². The Bertz CT molecular complexity index is 516. The Kier molecular flexibility index (Phi) is 13.5. The molecule has 0 radical (unpaired) electrons. The van der Waals surface area contributed by atoms with Gasteiger partial charge in [0.15, 0.2) is 0 Å². The second kappa shape index (κ2) is 15.5. The Morgan fingerprint density at radius 1 is 0.926 bits per heavy atom. The van der Waals surface area contributed by atoms with Crippen LogP contribution in [0.4, 0.5) is 0 Å². The van der Waals surface area contributed by atoms with E-state index in [1.807, 2.05) is 13.0 Å². The standard InChI is InChI=1S/C25H40O2/c1-4-6-7-8-9-10-11-12-13-15-23(16-14-17-25(26)27-5-2)24-20-18-22(3)19-21-24/h14,17-21,23H,4-13,15-16H2,1-3H3/b17-14-/t23-/m1/s1. The molecule has 152 valence electrons. The third-order valence-corrected chi connectivity index (χ3v) is 5.17. The van der Waals surface area contributed by atoms with Crippen LogP contribution in [0.1, 0.15) is 102 Å². The van der Waals surface area contributed by atoms with Crippen molar-refractivity contribution in [1.29, 1.82) is 0 Å². The number of hydrogen-bond acceptors (Lipinski definition) is 2. The molecule has 0 aliphatic rings. The van der Waals surface area contributed by atoms with Gasteiger partial charge in [-0.15, -0.1) is 0 Å². The first-order valence-electron chi connectivity index (χ1n) is 11.1. The van der Waals surface area contributed by atoms with E-state index < -0.39 is 0 Å². The highest BCUT2D eigenvalue weighted by Crippen LogP contribution is 2.27. The summed E-state index contributed by atoms with van der Waals surface area (Å²) in [6.45, 7) is 6.67. The molecule has 1 aromatic rings. The van der Waals surface area contributed by atoms with E-state index in [1.54, 1.807) is 6.08 Å². The Balaban J connectivity index is 2.38. The predicted molar refractivity (Wildman–Crippen MR) is 116 cm³/mol. The second-order valence-electron chi connectivity index (χ2n) is 7.61. The van der Waals surface area contributed by atoms with E-state index in [0.29, 0.717) is 12.5 Å². The molecule has 0 bridgehead atoms. The number of carbonyl (C=O) groups is 1. The first kappa shape index (κ1) is 23.5. The highest BCUT2D eigenvalue weighted by Gasteiger charge is 2.10. The van der Waals surface area contributed by atoms with Crippen molar-refractivity contribution in [2.75, 3.05) is 6.61 Å². The van der Waals surface area contributed by atoms with Crippen LogP contribution < -0.4 is 0 Å². The summed E-state index contributed by atoms with van der Waals surface area (Å²) in [5.41, 5.74) is 2.68. The fraction of sp³-hybridized carbons (Fsp3) is 0.640. The maximum absolute atomic E-state index is 11.5. The van der Waals surface area contributed by atoms with E-state index in [0.717, 1.165) is 6.42 Å². The van der Waals surface area contributed by atoms with E-state index in [-0.39, 0.29) is 5.97 Å². The van der Waals surface area contributed by atoms with Crippen LogP contribution in [0.2, 0.25) is 0 Å². The molecule has 2 nitrogen and oxygen atoms in total. The molecule has 27 heavy (non-hydrogen) atoms. The zero-order chi connectivity index (χ0) is 19.7. The third kappa shape index (κ3) is 11.7. The summed E-state index contributed by atoms with van der Waals surface area (Å²) >= 11 is 0. The van der Waals surface area contributed by atoms with Gasteiger partial charge >= 0.3 is 5.97 Å². The molecule has 0 unspecified atom stereocenters. The summed E-state index contributed by atoms with van der Waals surface area (Å²) in [6.07, 6.45) is 17.9. The average Bonchev–Trinajstić information content (AvgIpc) is 2.66. The monoisotopic (exact) mass is 372 g/mol. The molecule has 0 saturated heterocycles. The van der Waals surface area contributed by atoms with Gasteiger partial charge in [0.2, 0.25) is 0 Å². The van der Waals surface area contributed by atoms with E-state index in [1.165, 1.54) is 75.3 Å². The molecule has 1 aromatic carbocycles. The topological polar surface area (TPSA) is 26.3 Å². The van der Waals surface area contributed by atoms with Gasteiger partial charge in [-0.1, -0.05) is 101 Å². The fourth-order valence-corrected chi connectivity index (χ4v) is 3.48. The van der Waals surface area contributed by atoms with Gasteiger partial charge in [-0.25, -0.2) is 4.79 Å². The molecular formula is C25H40O2. The second-order valence-corrected chi connectivity index (χ2v) is 7.61. The lowest BCUT2D eigenvalue weighted by Gasteiger charge is -2.16. The predicted octanol–water partition coefficient (Wildman–Crippen LogP) is 7.51. The normalized spacial score (nSPS) is 12.4. The molecule has 0 amide bonds. The van der Waals surface area contributed by atoms with Crippen LogP contribution in [0.25, 0.3) is 0 Å². The molecule has 0 N–H and O–H groups in total. The fourth-order valence-electron chi connectivity index (χ4n) is 3.48. The van der Waals surface area contributed by atoms with Gasteiger partial charge in [-0.3, -0.25) is 0 Å². The van der Waals surface area contributed by atoms with Gasteiger partial charge < -0.3 is 4.74 Å². The number of unbranched alkanes of at least 4 members (excludes halogenated alkanes) is 8. The van der Waals surface area contributed by atoms with Crippen LogP contribution in [0.3, 0.4) is 0 Å². The first-order valence-corrected chi connectivity index (χ1v) is 11.1. The minimum atomic E-state index is -0.233. The summed E-state index contributed by atoms with van der Waals surface area (Å²) in [7, 11) is 0. The smallest absolute Gasteiger partial charge is 0.330 e. The zero-order valence-electron chi connectivity index (χ0n) is 17.8. The number of aryl methyl sites for hydroxylation is 1. The van der Waals surface area contributed by atoms with Gasteiger partial charge in [0, 0.05) is 6.08 Å². The third-order valence-electron chi connectivity index (χ3n) is 5.17. The van der Waals surface area contributed by atoms with Crippen molar-refractivity contribution in [1.82, 2.24) is 0 Å². The van der Waals surface area contributed by atoms with Crippen LogP contribution in [-0.2, 0) is 9.53 Å². The van der Waals surface area contributed by atoms with Crippen molar-refractivity contribution in [3.8, 4) is 0 Å². The molecule has 0 saturated carbocycles. The Labute approximate surface area is 167 Å². The molecule has 0 aliphatic carbocycles. The Hall–Kier alpha value is -1.57. The van der Waals surface area contributed by atoms with Gasteiger partial charge in [0.1, 0.15) is 0 Å². The Morgan fingerprint density at radius 3 is 2.11 bits per heavy atom. The van der Waals surface area contributed by atoms with E-state index in [4.69, 9.17) is 4.74 Å². The van der Waals surface area contributed by atoms with E-state index in [9.17, 15) is 4.79 Å². The van der Waals surface area contributed by atoms with Gasteiger partial charge in [-0.05, 0) is 38.2 Å². The number of rotatable bonds is 15. The highest BCUT2D eigenvalue weighted by atomic mass is 16.5. The molecule has 0 heterocycles. The van der Waals surface area contributed by atoms with Crippen LogP contribution in [0.5, 0.6) is 0 Å². The number of ether oxygens (including phenoxy) is 1. The maximum Gasteiger partial charge on any atom is 0.330 e. The molecule has 0 fully saturated rings. The first-order chi connectivity index (χ1) is 13.2. The summed E-state index contributed by atoms with van der Waals surface area (Å²) in [5, 5.41) is 0. The maximum atomic E-state index is 11.5. The minimum absolute atomic E-state index is 0.233. The lowest BCUT2D eigenvalue weighted by molar-refractivity contribution is -0.137. The Morgan fingerprint density at radius 2 is 1.52 bits per heavy atom. The average molecular weight is 373 g/mol. The SMILES string of the molecule is CCCCCCCCCCC[C@H](C/C=C\C(=O)OCC)c1ccc(C)cc1. The number of allylic oxidation sites excluding steroid dienone is 1. The number of carbonyl (C=O) groups excluding carboxylic acids is 1. The zero-order valence-corrected chi connectivity index (χ0v) is 17.8. The lowest BCUT2D eigenvalue weighted by Crippen LogP contribution is -2.01. The van der Waals surface area contributed by atoms with Gasteiger partial charge in [0.25, 0.3) is 0 Å². The van der Waals surface area contributed by atoms with Crippen LogP contribution in [0.15, 0.2) is 36.4 Å².